The molecular weight excluding hydrogens is 206 g/mol. The van der Waals surface area contributed by atoms with Crippen molar-refractivity contribution in [3.63, 3.8) is 0 Å². The van der Waals surface area contributed by atoms with E-state index in [0.29, 0.717) is 0 Å². The third-order valence-electron chi connectivity index (χ3n) is 2.72. The molecule has 0 heterocycles. The second-order valence-electron chi connectivity index (χ2n) is 4.05. The van der Waals surface area contributed by atoms with Crippen molar-refractivity contribution in [1.29, 1.82) is 0 Å². The van der Waals surface area contributed by atoms with E-state index in [0.717, 1.165) is 12.0 Å². The van der Waals surface area contributed by atoms with Gasteiger partial charge < -0.3 is 5.73 Å². The summed E-state index contributed by atoms with van der Waals surface area (Å²) in [4.78, 5) is 0. The summed E-state index contributed by atoms with van der Waals surface area (Å²) >= 11 is 0. The maximum absolute atomic E-state index is 6.07. The number of nitrogens with two attached hydrogens (primary N) is 1. The maximum Gasteiger partial charge on any atom is 0.0481 e. The van der Waals surface area contributed by atoms with Gasteiger partial charge in [-0.3, -0.25) is 0 Å². The van der Waals surface area contributed by atoms with Gasteiger partial charge in [-0.15, -0.1) is 0 Å². The minimum atomic E-state index is -0.0140. The first-order valence-electron chi connectivity index (χ1n) is 5.87. The summed E-state index contributed by atoms with van der Waals surface area (Å²) in [6, 6.07) is 20.5. The molecule has 0 saturated heterocycles. The van der Waals surface area contributed by atoms with E-state index in [4.69, 9.17) is 5.73 Å². The van der Waals surface area contributed by atoms with Crippen LogP contribution >= 0.6 is 0 Å². The van der Waals surface area contributed by atoms with Crippen LogP contribution in [0.5, 0.6) is 0 Å². The molecule has 17 heavy (non-hydrogen) atoms. The summed E-state index contributed by atoms with van der Waals surface area (Å²) in [7, 11) is 0. The van der Waals surface area contributed by atoms with Crippen molar-refractivity contribution >= 4 is 0 Å². The molecule has 0 aliphatic carbocycles. The Bertz CT molecular complexity index is 459. The molecular formula is C16H17N. The number of rotatable bonds is 4. The van der Waals surface area contributed by atoms with Crippen LogP contribution in [0.4, 0.5) is 0 Å². The number of hydrogen-bond donors (Lipinski definition) is 1. The fourth-order valence-electron chi connectivity index (χ4n) is 1.75. The van der Waals surface area contributed by atoms with Gasteiger partial charge in [0.25, 0.3) is 0 Å². The Kier molecular flexibility index (Phi) is 4.11. The molecule has 0 aromatic heterocycles. The highest BCUT2D eigenvalue weighted by Crippen LogP contribution is 2.11. The normalized spacial score (nSPS) is 12.8. The molecule has 1 unspecified atom stereocenters. The zero-order valence-electron chi connectivity index (χ0n) is 9.79. The fraction of sp³-hybridized carbons (Fsp3) is 0.125. The van der Waals surface area contributed by atoms with Crippen LogP contribution in [0.15, 0.2) is 72.8 Å². The van der Waals surface area contributed by atoms with Gasteiger partial charge >= 0.3 is 0 Å². The van der Waals surface area contributed by atoms with E-state index >= 15 is 0 Å². The minimum Gasteiger partial charge on any atom is -0.321 e. The maximum atomic E-state index is 6.07. The summed E-state index contributed by atoms with van der Waals surface area (Å²) in [5.41, 5.74) is 8.53. The van der Waals surface area contributed by atoms with Crippen LogP contribution in [0, 0.1) is 0 Å². The Morgan fingerprint density at radius 1 is 0.882 bits per heavy atom. The van der Waals surface area contributed by atoms with Gasteiger partial charge in [-0.05, 0) is 17.5 Å². The van der Waals surface area contributed by atoms with Crippen LogP contribution in [0.25, 0.3) is 0 Å². The van der Waals surface area contributed by atoms with E-state index in [-0.39, 0.29) is 6.04 Å². The molecule has 0 aliphatic heterocycles. The lowest BCUT2D eigenvalue weighted by atomic mass is 10.1. The van der Waals surface area contributed by atoms with Gasteiger partial charge in [0, 0.05) is 6.04 Å². The first-order valence-corrected chi connectivity index (χ1v) is 5.87. The van der Waals surface area contributed by atoms with Gasteiger partial charge in [-0.25, -0.2) is 0 Å². The van der Waals surface area contributed by atoms with Crippen molar-refractivity contribution < 1.29 is 0 Å². The third-order valence-corrected chi connectivity index (χ3v) is 2.72. The molecule has 2 rings (SSSR count). The first kappa shape index (κ1) is 11.6. The smallest absolute Gasteiger partial charge is 0.0481 e. The number of benzene rings is 2. The Hall–Kier alpha value is -1.86. The van der Waals surface area contributed by atoms with Gasteiger partial charge in [-0.2, -0.15) is 0 Å². The number of hydrogen-bond acceptors (Lipinski definition) is 1. The predicted octanol–water partition coefficient (Wildman–Crippen LogP) is 3.49. The van der Waals surface area contributed by atoms with Crippen molar-refractivity contribution in [2.75, 3.05) is 0 Å². The lowest BCUT2D eigenvalue weighted by Crippen LogP contribution is -2.06. The van der Waals surface area contributed by atoms with Crippen LogP contribution in [0.3, 0.4) is 0 Å². The molecule has 0 fully saturated rings. The molecule has 0 spiro atoms. The Labute approximate surface area is 103 Å². The molecule has 2 N–H and O–H groups in total. The summed E-state index contributed by atoms with van der Waals surface area (Å²) < 4.78 is 0. The molecule has 1 atom stereocenters. The van der Waals surface area contributed by atoms with Gasteiger partial charge in [0.15, 0.2) is 0 Å². The summed E-state index contributed by atoms with van der Waals surface area (Å²) in [6.07, 6.45) is 5.12. The van der Waals surface area contributed by atoms with Crippen LogP contribution in [0.2, 0.25) is 0 Å². The van der Waals surface area contributed by atoms with E-state index in [1.807, 2.05) is 24.3 Å². The molecule has 0 saturated carbocycles. The average molecular weight is 223 g/mol. The molecule has 2 aromatic rings. The fourth-order valence-corrected chi connectivity index (χ4v) is 1.75. The SMILES string of the molecule is NC(/C=C/Cc1ccccc1)c1ccccc1. The Balaban J connectivity index is 1.93. The zero-order chi connectivity index (χ0) is 11.9. The third kappa shape index (κ3) is 3.58. The standard InChI is InChI=1S/C16H17N/c17-16(15-11-5-2-6-12-15)13-7-10-14-8-3-1-4-9-14/h1-9,11-13,16H,10,17H2/b13-7+. The molecule has 0 bridgehead atoms. The second kappa shape index (κ2) is 6.02. The van der Waals surface area contributed by atoms with E-state index in [2.05, 4.69) is 48.6 Å². The van der Waals surface area contributed by atoms with Gasteiger partial charge in [-0.1, -0.05) is 72.8 Å². The number of allylic oxidation sites excluding steroid dienone is 1. The molecule has 86 valence electrons. The lowest BCUT2D eigenvalue weighted by molar-refractivity contribution is 0.905. The van der Waals surface area contributed by atoms with Gasteiger partial charge in [0.05, 0.1) is 0 Å². The van der Waals surface area contributed by atoms with Crippen LogP contribution < -0.4 is 5.73 Å². The van der Waals surface area contributed by atoms with E-state index < -0.39 is 0 Å². The summed E-state index contributed by atoms with van der Waals surface area (Å²) in [5.74, 6) is 0. The average Bonchev–Trinajstić information content (AvgIpc) is 2.41. The highest BCUT2D eigenvalue weighted by Gasteiger charge is 1.98. The molecule has 0 aliphatic rings. The van der Waals surface area contributed by atoms with Crippen molar-refractivity contribution in [1.82, 2.24) is 0 Å². The van der Waals surface area contributed by atoms with Crippen molar-refractivity contribution in [2.24, 2.45) is 5.73 Å². The zero-order valence-corrected chi connectivity index (χ0v) is 9.79. The monoisotopic (exact) mass is 223 g/mol. The molecule has 0 radical (unpaired) electrons. The summed E-state index contributed by atoms with van der Waals surface area (Å²) in [5, 5.41) is 0. The van der Waals surface area contributed by atoms with E-state index in [1.165, 1.54) is 5.56 Å². The molecule has 1 nitrogen and oxygen atoms in total. The van der Waals surface area contributed by atoms with Crippen molar-refractivity contribution in [3.8, 4) is 0 Å². The molecule has 1 heteroatoms. The quantitative estimate of drug-likeness (QED) is 0.789. The highest BCUT2D eigenvalue weighted by molar-refractivity contribution is 5.23. The van der Waals surface area contributed by atoms with Crippen molar-refractivity contribution in [2.45, 2.75) is 12.5 Å². The minimum absolute atomic E-state index is 0.0140. The van der Waals surface area contributed by atoms with Crippen LogP contribution in [-0.4, -0.2) is 0 Å². The molecule has 2 aromatic carbocycles. The topological polar surface area (TPSA) is 26.0 Å². The highest BCUT2D eigenvalue weighted by atomic mass is 14.6. The first-order chi connectivity index (χ1) is 8.36. The van der Waals surface area contributed by atoms with E-state index in [1.54, 1.807) is 0 Å². The van der Waals surface area contributed by atoms with Crippen molar-refractivity contribution in [3.05, 3.63) is 83.9 Å². The predicted molar refractivity (Wildman–Crippen MR) is 72.7 cm³/mol. The van der Waals surface area contributed by atoms with E-state index in [9.17, 15) is 0 Å². The van der Waals surface area contributed by atoms with Crippen LogP contribution in [-0.2, 0) is 6.42 Å². The van der Waals surface area contributed by atoms with Gasteiger partial charge in [0.2, 0.25) is 0 Å². The Morgan fingerprint density at radius 3 is 2.12 bits per heavy atom. The molecule has 0 amide bonds. The second-order valence-corrected chi connectivity index (χ2v) is 4.05. The summed E-state index contributed by atoms with van der Waals surface area (Å²) in [6.45, 7) is 0. The lowest BCUT2D eigenvalue weighted by Gasteiger charge is -2.06. The Morgan fingerprint density at radius 2 is 1.47 bits per heavy atom. The largest absolute Gasteiger partial charge is 0.321 e. The van der Waals surface area contributed by atoms with Crippen LogP contribution in [0.1, 0.15) is 17.2 Å². The van der Waals surface area contributed by atoms with Gasteiger partial charge in [0.1, 0.15) is 0 Å².